The van der Waals surface area contributed by atoms with E-state index >= 15 is 0 Å². The summed E-state index contributed by atoms with van der Waals surface area (Å²) in [6.07, 6.45) is 55.4. The first-order valence-corrected chi connectivity index (χ1v) is 30.9. The Morgan fingerprint density at radius 3 is 1.40 bits per heavy atom. The molecule has 5 rings (SSSR count). The molecule has 2 saturated carbocycles. The summed E-state index contributed by atoms with van der Waals surface area (Å²) in [6.45, 7) is 16.2. The number of unbranched alkanes of at least 4 members (excludes halogenated alkanes) is 30. The number of carbonyl (C=O) groups is 1. The topological polar surface area (TPSA) is 62.0 Å². The third-order valence-corrected chi connectivity index (χ3v) is 18.9. The molecule has 6 atom stereocenters. The minimum atomic E-state index is -0.108. The van der Waals surface area contributed by atoms with Gasteiger partial charge in [0.15, 0.2) is 11.8 Å². The second kappa shape index (κ2) is 31.7. The van der Waals surface area contributed by atoms with Gasteiger partial charge in [-0.05, 0) is 70.8 Å². The maximum atomic E-state index is 14.4. The van der Waals surface area contributed by atoms with E-state index in [2.05, 4.69) is 63.2 Å². The lowest BCUT2D eigenvalue weighted by atomic mass is 9.67. The highest BCUT2D eigenvalue weighted by atomic mass is 16.5. The number of Topliss-reactive ketones (excluding diaryl/α,β-unsaturated/α-hetero) is 1. The van der Waals surface area contributed by atoms with E-state index < -0.39 is 0 Å². The largest absolute Gasteiger partial charge is 0.506 e. The van der Waals surface area contributed by atoms with Crippen molar-refractivity contribution in [3.8, 4) is 0 Å². The minimum Gasteiger partial charge on any atom is -0.506 e. The molecule has 1 N–H and O–H groups in total. The fraction of sp³-hybridized carbons (Fsp3) is 0.875. The molecular formula is C64H113N2O4+. The summed E-state index contributed by atoms with van der Waals surface area (Å²) in [5.74, 6) is 1.16. The van der Waals surface area contributed by atoms with E-state index in [0.29, 0.717) is 47.3 Å². The van der Waals surface area contributed by atoms with Crippen molar-refractivity contribution >= 4 is 11.5 Å². The molecule has 0 amide bonds. The molecule has 0 bridgehead atoms. The number of aliphatic hydroxyl groups is 1. The number of rotatable bonds is 38. The zero-order valence-corrected chi connectivity index (χ0v) is 47.5. The first-order valence-electron chi connectivity index (χ1n) is 30.9. The number of fused-ring (bicyclic) bond motifs is 2. The van der Waals surface area contributed by atoms with Gasteiger partial charge in [-0.25, -0.2) is 4.58 Å². The van der Waals surface area contributed by atoms with Crippen LogP contribution in [0.25, 0.3) is 0 Å². The molecule has 2 heterocycles. The minimum absolute atomic E-state index is 0.0168. The SMILES string of the molecule is CCCCCCCCCCCCCCCCCCN1/C(=C/C2=C(O)C(=C/C3=[N+](CCCCCCCCCCCCCCCCCC)C4CCC(OC)CC4C3(C)C)/C2=O)C(C)(C)C2CC(OC)CCC21. The standard InChI is InChI=1S/C64H112N2O4/c1-9-11-13-15-17-19-21-23-25-27-29-31-33-35-37-39-45-65-57-43-41-51(69-7)47-55(57)63(3,4)59(65)49-53-61(67)54(62(53)68)50-60-64(5,6)56-48-52(70-8)42-44-58(56)66(60)46-40-38-36-34-32-30-28-26-24-22-20-18-16-14-12-10-2/h49-52,55-58H,9-48H2,1-8H3/p+1. The van der Waals surface area contributed by atoms with Crippen LogP contribution in [0.15, 0.2) is 34.8 Å². The summed E-state index contributed by atoms with van der Waals surface area (Å²) in [5.41, 5.74) is 3.33. The summed E-state index contributed by atoms with van der Waals surface area (Å²) < 4.78 is 14.6. The molecule has 0 aromatic carbocycles. The van der Waals surface area contributed by atoms with Crippen molar-refractivity contribution in [2.24, 2.45) is 22.7 Å². The van der Waals surface area contributed by atoms with Gasteiger partial charge in [0.05, 0.1) is 28.8 Å². The van der Waals surface area contributed by atoms with Gasteiger partial charge in [-0.15, -0.1) is 0 Å². The zero-order valence-electron chi connectivity index (χ0n) is 47.5. The van der Waals surface area contributed by atoms with Crippen LogP contribution in [0.5, 0.6) is 0 Å². The van der Waals surface area contributed by atoms with Crippen LogP contribution < -0.4 is 0 Å². The molecule has 3 fully saturated rings. The molecule has 2 aliphatic heterocycles. The van der Waals surface area contributed by atoms with Crippen molar-refractivity contribution in [3.05, 3.63) is 34.8 Å². The van der Waals surface area contributed by atoms with Crippen molar-refractivity contribution in [2.75, 3.05) is 27.3 Å². The second-order valence-corrected chi connectivity index (χ2v) is 24.7. The Morgan fingerprint density at radius 2 is 0.957 bits per heavy atom. The lowest BCUT2D eigenvalue weighted by Crippen LogP contribution is -2.40. The zero-order chi connectivity index (χ0) is 50.2. The van der Waals surface area contributed by atoms with E-state index in [0.717, 1.165) is 51.6 Å². The number of hydrogen-bond donors (Lipinski definition) is 1. The van der Waals surface area contributed by atoms with E-state index in [1.807, 2.05) is 14.2 Å². The molecule has 6 unspecified atom stereocenters. The van der Waals surface area contributed by atoms with Crippen molar-refractivity contribution in [1.82, 2.24) is 4.90 Å². The molecule has 6 heteroatoms. The van der Waals surface area contributed by atoms with Crippen molar-refractivity contribution in [3.63, 3.8) is 0 Å². The summed E-state index contributed by atoms with van der Waals surface area (Å²) >= 11 is 0. The maximum absolute atomic E-state index is 14.4. The molecule has 70 heavy (non-hydrogen) atoms. The van der Waals surface area contributed by atoms with Crippen LogP contribution in [0.2, 0.25) is 0 Å². The Kier molecular flexibility index (Phi) is 26.7. The number of hydrogen-bond acceptors (Lipinski definition) is 5. The number of likely N-dealkylation sites (tertiary alicyclic amines) is 1. The molecular weight excluding hydrogens is 861 g/mol. The van der Waals surface area contributed by atoms with E-state index in [4.69, 9.17) is 9.47 Å². The van der Waals surface area contributed by atoms with Crippen LogP contribution in [0.3, 0.4) is 0 Å². The third-order valence-electron chi connectivity index (χ3n) is 18.9. The van der Waals surface area contributed by atoms with Gasteiger partial charge < -0.3 is 19.5 Å². The van der Waals surface area contributed by atoms with Crippen molar-refractivity contribution < 1.29 is 24.0 Å². The average molecular weight is 975 g/mol. The van der Waals surface area contributed by atoms with Crippen LogP contribution in [0.1, 0.15) is 286 Å². The Bertz CT molecular complexity index is 1640. The summed E-state index contributed by atoms with van der Waals surface area (Å²) in [7, 11) is 3.75. The van der Waals surface area contributed by atoms with Crippen LogP contribution in [-0.4, -0.2) is 77.7 Å². The Labute approximate surface area is 433 Å². The van der Waals surface area contributed by atoms with E-state index in [-0.39, 0.29) is 22.4 Å². The van der Waals surface area contributed by atoms with E-state index in [1.165, 1.54) is 217 Å². The molecule has 3 aliphatic carbocycles. The van der Waals surface area contributed by atoms with Gasteiger partial charge in [0.2, 0.25) is 5.78 Å². The monoisotopic (exact) mass is 974 g/mol. The molecule has 0 radical (unpaired) electrons. The molecule has 0 aromatic rings. The smallest absolute Gasteiger partial charge is 0.200 e. The maximum Gasteiger partial charge on any atom is 0.200 e. The van der Waals surface area contributed by atoms with Crippen LogP contribution in [0.4, 0.5) is 0 Å². The number of methoxy groups -OCH3 is 2. The van der Waals surface area contributed by atoms with Gasteiger partial charge in [0, 0.05) is 62.8 Å². The molecule has 0 spiro atoms. The predicted octanol–water partition coefficient (Wildman–Crippen LogP) is 17.9. The lowest BCUT2D eigenvalue weighted by molar-refractivity contribution is -0.567. The highest BCUT2D eigenvalue weighted by Gasteiger charge is 2.57. The van der Waals surface area contributed by atoms with Gasteiger partial charge in [0.25, 0.3) is 0 Å². The fourth-order valence-electron chi connectivity index (χ4n) is 14.2. The molecule has 0 aromatic heterocycles. The molecule has 6 nitrogen and oxygen atoms in total. The van der Waals surface area contributed by atoms with E-state index in [1.54, 1.807) is 0 Å². The van der Waals surface area contributed by atoms with E-state index in [9.17, 15) is 9.90 Å². The van der Waals surface area contributed by atoms with Gasteiger partial charge >= 0.3 is 0 Å². The highest BCUT2D eigenvalue weighted by molar-refractivity contribution is 6.23. The third kappa shape index (κ3) is 17.1. The normalized spacial score (nSPS) is 26.2. The number of carbonyl (C=O) groups excluding carboxylic acids is 1. The van der Waals surface area contributed by atoms with Crippen molar-refractivity contribution in [1.29, 1.82) is 0 Å². The van der Waals surface area contributed by atoms with Crippen LogP contribution in [0, 0.1) is 22.7 Å². The number of aliphatic hydroxyl groups excluding tert-OH is 1. The fourth-order valence-corrected chi connectivity index (χ4v) is 14.2. The Balaban J connectivity index is 1.16. The second-order valence-electron chi connectivity index (χ2n) is 24.7. The first-order chi connectivity index (χ1) is 34.0. The average Bonchev–Trinajstić information content (AvgIpc) is 3.70. The Hall–Kier alpha value is -1.92. The molecule has 5 aliphatic rings. The van der Waals surface area contributed by atoms with Crippen molar-refractivity contribution in [2.45, 2.75) is 310 Å². The van der Waals surface area contributed by atoms with Gasteiger partial charge in [-0.1, -0.05) is 214 Å². The van der Waals surface area contributed by atoms with Gasteiger partial charge in [0.1, 0.15) is 12.3 Å². The predicted molar refractivity (Wildman–Crippen MR) is 298 cm³/mol. The van der Waals surface area contributed by atoms with Gasteiger partial charge in [-0.2, -0.15) is 0 Å². The molecule has 402 valence electrons. The number of ether oxygens (including phenoxy) is 2. The lowest BCUT2D eigenvalue weighted by Gasteiger charge is -2.37. The highest BCUT2D eigenvalue weighted by Crippen LogP contribution is 2.55. The van der Waals surface area contributed by atoms with Gasteiger partial charge in [-0.3, -0.25) is 4.79 Å². The van der Waals surface area contributed by atoms with Crippen LogP contribution in [-0.2, 0) is 14.3 Å². The summed E-state index contributed by atoms with van der Waals surface area (Å²) in [5, 5.41) is 12.0. The number of allylic oxidation sites excluding steroid dienone is 5. The summed E-state index contributed by atoms with van der Waals surface area (Å²) in [6, 6.07) is 0.924. The first kappa shape index (κ1) is 59.0. The number of nitrogens with zero attached hydrogens (tertiary/aromatic N) is 2. The molecule has 1 saturated heterocycles. The number of ketones is 1. The quantitative estimate of drug-likeness (QED) is 0.0379. The Morgan fingerprint density at radius 1 is 0.543 bits per heavy atom. The van der Waals surface area contributed by atoms with Crippen LogP contribution >= 0.6 is 0 Å². The summed E-state index contributed by atoms with van der Waals surface area (Å²) in [4.78, 5) is 17.1.